The Labute approximate surface area is 97.4 Å². The zero-order chi connectivity index (χ0) is 11.8. The van der Waals surface area contributed by atoms with Crippen molar-refractivity contribution in [3.8, 4) is 6.07 Å². The molecule has 16 heavy (non-hydrogen) atoms. The van der Waals surface area contributed by atoms with Crippen molar-refractivity contribution < 1.29 is 9.84 Å². The van der Waals surface area contributed by atoms with E-state index in [-0.39, 0.29) is 0 Å². The van der Waals surface area contributed by atoms with Crippen LogP contribution in [0.25, 0.3) is 0 Å². The number of rotatable bonds is 1. The van der Waals surface area contributed by atoms with Crippen molar-refractivity contribution in [3.63, 3.8) is 0 Å². The molecule has 0 aromatic rings. The third-order valence-electron chi connectivity index (χ3n) is 4.30. The Kier molecular flexibility index (Phi) is 2.98. The molecule has 0 bridgehead atoms. The van der Waals surface area contributed by atoms with Crippen molar-refractivity contribution in [1.29, 1.82) is 5.26 Å². The van der Waals surface area contributed by atoms with E-state index in [1.165, 1.54) is 0 Å². The lowest BCUT2D eigenvalue weighted by Gasteiger charge is -2.46. The second-order valence-corrected chi connectivity index (χ2v) is 5.88. The van der Waals surface area contributed by atoms with Gasteiger partial charge in [0.1, 0.15) is 5.41 Å². The van der Waals surface area contributed by atoms with Crippen molar-refractivity contribution in [2.75, 3.05) is 13.2 Å². The smallest absolute Gasteiger partial charge is 0.111 e. The molecule has 90 valence electrons. The summed E-state index contributed by atoms with van der Waals surface area (Å²) in [6.45, 7) is 5.35. The molecule has 3 unspecified atom stereocenters. The molecule has 0 radical (unpaired) electrons. The summed E-state index contributed by atoms with van der Waals surface area (Å²) in [6, 6.07) is 2.35. The van der Waals surface area contributed by atoms with Crippen LogP contribution in [-0.4, -0.2) is 23.9 Å². The second-order valence-electron chi connectivity index (χ2n) is 5.88. The number of nitriles is 1. The SMILES string of the molecule is CC1CC(C)CC(O)(C2(C#N)CCOC2)C1. The molecule has 1 saturated carbocycles. The van der Waals surface area contributed by atoms with E-state index in [0.717, 1.165) is 19.3 Å². The van der Waals surface area contributed by atoms with Gasteiger partial charge in [-0.3, -0.25) is 0 Å². The van der Waals surface area contributed by atoms with Crippen LogP contribution >= 0.6 is 0 Å². The first-order chi connectivity index (χ1) is 7.51. The third-order valence-corrected chi connectivity index (χ3v) is 4.30. The highest BCUT2D eigenvalue weighted by molar-refractivity contribution is 5.15. The first-order valence-corrected chi connectivity index (χ1v) is 6.23. The first-order valence-electron chi connectivity index (χ1n) is 6.23. The second kappa shape index (κ2) is 4.01. The minimum absolute atomic E-state index is 0.402. The zero-order valence-corrected chi connectivity index (χ0v) is 10.2. The molecule has 2 aliphatic rings. The summed E-state index contributed by atoms with van der Waals surface area (Å²) in [4.78, 5) is 0. The van der Waals surface area contributed by atoms with Crippen LogP contribution in [0.2, 0.25) is 0 Å². The Morgan fingerprint density at radius 3 is 2.38 bits per heavy atom. The molecule has 1 aliphatic heterocycles. The molecule has 0 amide bonds. The summed E-state index contributed by atoms with van der Waals surface area (Å²) in [5.74, 6) is 0.999. The molecule has 2 fully saturated rings. The Bertz CT molecular complexity index is 292. The standard InChI is InChI=1S/C13H21NO2/c1-10-5-11(2)7-13(15,6-10)12(8-14)3-4-16-9-12/h10-11,15H,3-7,9H2,1-2H3. The predicted molar refractivity (Wildman–Crippen MR) is 60.6 cm³/mol. The highest BCUT2D eigenvalue weighted by atomic mass is 16.5. The van der Waals surface area contributed by atoms with Gasteiger partial charge in [0.2, 0.25) is 0 Å². The average molecular weight is 223 g/mol. The number of hydrogen-bond acceptors (Lipinski definition) is 3. The van der Waals surface area contributed by atoms with Gasteiger partial charge in [-0.1, -0.05) is 13.8 Å². The molecule has 0 spiro atoms. The molecule has 3 heteroatoms. The topological polar surface area (TPSA) is 53.2 Å². The lowest BCUT2D eigenvalue weighted by Crippen LogP contribution is -2.52. The molecule has 1 aliphatic carbocycles. The van der Waals surface area contributed by atoms with Gasteiger partial charge in [-0.15, -0.1) is 0 Å². The number of aliphatic hydroxyl groups is 1. The number of hydrogen-bond donors (Lipinski definition) is 1. The fourth-order valence-electron chi connectivity index (χ4n) is 3.60. The minimum Gasteiger partial charge on any atom is -0.388 e. The fraction of sp³-hybridized carbons (Fsp3) is 0.923. The maximum Gasteiger partial charge on any atom is 0.111 e. The highest BCUT2D eigenvalue weighted by Gasteiger charge is 2.55. The van der Waals surface area contributed by atoms with E-state index in [0.29, 0.717) is 31.5 Å². The molecular weight excluding hydrogens is 202 g/mol. The molecule has 0 aromatic heterocycles. The quantitative estimate of drug-likeness (QED) is 0.740. The van der Waals surface area contributed by atoms with E-state index in [9.17, 15) is 10.4 Å². The lowest BCUT2D eigenvalue weighted by atomic mass is 9.61. The summed E-state index contributed by atoms with van der Waals surface area (Å²) >= 11 is 0. The van der Waals surface area contributed by atoms with Gasteiger partial charge in [0.05, 0.1) is 18.3 Å². The highest BCUT2D eigenvalue weighted by Crippen LogP contribution is 2.49. The van der Waals surface area contributed by atoms with Crippen molar-refractivity contribution >= 4 is 0 Å². The summed E-state index contributed by atoms with van der Waals surface area (Å²) in [5, 5.41) is 20.3. The van der Waals surface area contributed by atoms with Crippen LogP contribution in [0.15, 0.2) is 0 Å². The fourth-order valence-corrected chi connectivity index (χ4v) is 3.60. The van der Waals surface area contributed by atoms with Crippen molar-refractivity contribution in [2.45, 2.75) is 45.1 Å². The number of nitrogens with zero attached hydrogens (tertiary/aromatic N) is 1. The first kappa shape index (κ1) is 11.9. The van der Waals surface area contributed by atoms with Gasteiger partial charge in [0.15, 0.2) is 0 Å². The van der Waals surface area contributed by atoms with Gasteiger partial charge in [0.25, 0.3) is 0 Å². The van der Waals surface area contributed by atoms with E-state index >= 15 is 0 Å². The lowest BCUT2D eigenvalue weighted by molar-refractivity contribution is -0.108. The zero-order valence-electron chi connectivity index (χ0n) is 10.2. The summed E-state index contributed by atoms with van der Waals surface area (Å²) < 4.78 is 5.36. The molecule has 1 heterocycles. The largest absolute Gasteiger partial charge is 0.388 e. The van der Waals surface area contributed by atoms with Gasteiger partial charge in [-0.25, -0.2) is 0 Å². The van der Waals surface area contributed by atoms with Crippen molar-refractivity contribution in [1.82, 2.24) is 0 Å². The van der Waals surface area contributed by atoms with Crippen LogP contribution in [0.1, 0.15) is 39.5 Å². The Morgan fingerprint density at radius 2 is 1.94 bits per heavy atom. The van der Waals surface area contributed by atoms with Gasteiger partial charge >= 0.3 is 0 Å². The molecule has 0 aromatic carbocycles. The van der Waals surface area contributed by atoms with E-state index in [1.807, 2.05) is 0 Å². The van der Waals surface area contributed by atoms with Crippen molar-refractivity contribution in [3.05, 3.63) is 0 Å². The van der Waals surface area contributed by atoms with Crippen LogP contribution < -0.4 is 0 Å². The van der Waals surface area contributed by atoms with Crippen LogP contribution in [-0.2, 0) is 4.74 Å². The van der Waals surface area contributed by atoms with Crippen LogP contribution in [0.3, 0.4) is 0 Å². The van der Waals surface area contributed by atoms with E-state index in [1.54, 1.807) is 0 Å². The minimum atomic E-state index is -0.838. The van der Waals surface area contributed by atoms with E-state index in [4.69, 9.17) is 4.74 Å². The maximum atomic E-state index is 10.9. The van der Waals surface area contributed by atoms with Crippen LogP contribution in [0.4, 0.5) is 0 Å². The Hall–Kier alpha value is -0.590. The summed E-state index contributed by atoms with van der Waals surface area (Å²) in [7, 11) is 0. The third kappa shape index (κ3) is 1.74. The molecule has 1 saturated heterocycles. The van der Waals surface area contributed by atoms with Gasteiger partial charge in [0, 0.05) is 6.61 Å². The van der Waals surface area contributed by atoms with E-state index < -0.39 is 11.0 Å². The van der Waals surface area contributed by atoms with Gasteiger partial charge in [-0.2, -0.15) is 5.26 Å². The molecule has 1 N–H and O–H groups in total. The van der Waals surface area contributed by atoms with Gasteiger partial charge in [-0.05, 0) is 37.5 Å². The van der Waals surface area contributed by atoms with Gasteiger partial charge < -0.3 is 9.84 Å². The van der Waals surface area contributed by atoms with Crippen LogP contribution in [0, 0.1) is 28.6 Å². The summed E-state index contributed by atoms with van der Waals surface area (Å²) in [5.41, 5.74) is -1.49. The monoisotopic (exact) mass is 223 g/mol. The van der Waals surface area contributed by atoms with Crippen LogP contribution in [0.5, 0.6) is 0 Å². The normalized spacial score (nSPS) is 48.9. The molecule has 2 rings (SSSR count). The predicted octanol–water partition coefficient (Wildman–Crippen LogP) is 2.10. The Balaban J connectivity index is 2.26. The molecule has 3 atom stereocenters. The average Bonchev–Trinajstić information content (AvgIpc) is 2.64. The maximum absolute atomic E-state index is 10.9. The van der Waals surface area contributed by atoms with E-state index in [2.05, 4.69) is 19.9 Å². The molecular formula is C13H21NO2. The molecule has 3 nitrogen and oxygen atoms in total. The Morgan fingerprint density at radius 1 is 1.31 bits per heavy atom. The van der Waals surface area contributed by atoms with Crippen molar-refractivity contribution in [2.24, 2.45) is 17.3 Å². The summed E-state index contributed by atoms with van der Waals surface area (Å²) in [6.07, 6.45) is 3.33. The number of ether oxygens (including phenoxy) is 1.